The normalized spacial score (nSPS) is 23.8. The van der Waals surface area contributed by atoms with Gasteiger partial charge in [0.05, 0.1) is 12.6 Å². The summed E-state index contributed by atoms with van der Waals surface area (Å²) >= 11 is 0. The Kier molecular flexibility index (Phi) is 5.85. The summed E-state index contributed by atoms with van der Waals surface area (Å²) in [5.41, 5.74) is 0.699. The molecule has 1 atom stereocenters. The van der Waals surface area contributed by atoms with Crippen LogP contribution in [0.2, 0.25) is 0 Å². The van der Waals surface area contributed by atoms with E-state index in [0.29, 0.717) is 24.6 Å². The number of likely N-dealkylation sites (tertiary alicyclic amines) is 1. The number of benzene rings is 1. The summed E-state index contributed by atoms with van der Waals surface area (Å²) in [6, 6.07) is 7.40. The van der Waals surface area contributed by atoms with E-state index < -0.39 is 0 Å². The molecule has 0 spiro atoms. The zero-order valence-electron chi connectivity index (χ0n) is 16.8. The van der Waals surface area contributed by atoms with Crippen molar-refractivity contribution in [3.05, 3.63) is 29.8 Å². The van der Waals surface area contributed by atoms with Crippen LogP contribution in [0.3, 0.4) is 0 Å². The zero-order chi connectivity index (χ0) is 19.5. The van der Waals surface area contributed by atoms with E-state index in [1.54, 1.807) is 0 Å². The van der Waals surface area contributed by atoms with E-state index >= 15 is 0 Å². The molecular formula is C22H31N3O3. The van der Waals surface area contributed by atoms with E-state index in [1.807, 2.05) is 36.1 Å². The first-order valence-corrected chi connectivity index (χ1v) is 10.7. The molecule has 6 heteroatoms. The molecule has 0 N–H and O–H groups in total. The molecule has 28 heavy (non-hydrogen) atoms. The molecule has 2 heterocycles. The van der Waals surface area contributed by atoms with Crippen molar-refractivity contribution in [1.82, 2.24) is 14.7 Å². The van der Waals surface area contributed by atoms with Crippen molar-refractivity contribution < 1.29 is 14.3 Å². The van der Waals surface area contributed by atoms with E-state index in [0.717, 1.165) is 57.2 Å². The molecule has 0 radical (unpaired) electrons. The van der Waals surface area contributed by atoms with Crippen molar-refractivity contribution >= 4 is 11.8 Å². The standard InChI is InChI=1S/C22H31N3O3/c1-2-28-19-8-6-18(7-9-19)21(26)24-12-3-11-23(14-15-24)20-10-13-25(22(20)27)16-17-4-5-17/h6-9,17,20H,2-5,10-16H2,1H3/t20-/m1/s1. The first kappa shape index (κ1) is 19.2. The molecule has 1 aliphatic carbocycles. The second kappa shape index (κ2) is 8.52. The van der Waals surface area contributed by atoms with Crippen molar-refractivity contribution in [1.29, 1.82) is 0 Å². The van der Waals surface area contributed by atoms with Gasteiger partial charge in [-0.3, -0.25) is 14.5 Å². The number of rotatable bonds is 6. The molecule has 0 bridgehead atoms. The summed E-state index contributed by atoms with van der Waals surface area (Å²) in [4.78, 5) is 32.0. The van der Waals surface area contributed by atoms with Gasteiger partial charge in [-0.25, -0.2) is 0 Å². The number of hydrogen-bond acceptors (Lipinski definition) is 4. The number of carbonyl (C=O) groups is 2. The van der Waals surface area contributed by atoms with Gasteiger partial charge in [-0.2, -0.15) is 0 Å². The van der Waals surface area contributed by atoms with Crippen LogP contribution >= 0.6 is 0 Å². The lowest BCUT2D eigenvalue weighted by Gasteiger charge is -2.26. The molecule has 0 aromatic heterocycles. The smallest absolute Gasteiger partial charge is 0.253 e. The third-order valence-electron chi connectivity index (χ3n) is 6.12. The first-order valence-electron chi connectivity index (χ1n) is 10.7. The second-order valence-corrected chi connectivity index (χ2v) is 8.17. The number of ether oxygens (including phenoxy) is 1. The van der Waals surface area contributed by atoms with Gasteiger partial charge in [0.15, 0.2) is 0 Å². The SMILES string of the molecule is CCOc1ccc(C(=O)N2CCCN([C@@H]3CCN(CC4CC4)C3=O)CC2)cc1. The summed E-state index contributed by atoms with van der Waals surface area (Å²) in [6.45, 7) is 7.50. The Morgan fingerprint density at radius 1 is 1.04 bits per heavy atom. The van der Waals surface area contributed by atoms with Gasteiger partial charge in [-0.05, 0) is 62.8 Å². The van der Waals surface area contributed by atoms with Crippen LogP contribution in [0.15, 0.2) is 24.3 Å². The number of amides is 2. The Hall–Kier alpha value is -2.08. The van der Waals surface area contributed by atoms with Gasteiger partial charge >= 0.3 is 0 Å². The molecule has 6 nitrogen and oxygen atoms in total. The number of hydrogen-bond donors (Lipinski definition) is 0. The molecule has 1 aromatic carbocycles. The van der Waals surface area contributed by atoms with Crippen LogP contribution in [-0.4, -0.2) is 78.4 Å². The molecule has 2 saturated heterocycles. The largest absolute Gasteiger partial charge is 0.494 e. The Labute approximate surface area is 167 Å². The lowest BCUT2D eigenvalue weighted by atomic mass is 10.2. The highest BCUT2D eigenvalue weighted by Crippen LogP contribution is 2.31. The molecular weight excluding hydrogens is 354 g/mol. The maximum absolute atomic E-state index is 12.9. The predicted octanol–water partition coefficient (Wildman–Crippen LogP) is 2.24. The monoisotopic (exact) mass is 385 g/mol. The molecule has 2 aliphatic heterocycles. The van der Waals surface area contributed by atoms with E-state index in [-0.39, 0.29) is 11.9 Å². The number of carbonyl (C=O) groups excluding carboxylic acids is 2. The van der Waals surface area contributed by atoms with Crippen LogP contribution in [0.4, 0.5) is 0 Å². The van der Waals surface area contributed by atoms with Gasteiger partial charge < -0.3 is 14.5 Å². The fourth-order valence-corrected chi connectivity index (χ4v) is 4.35. The van der Waals surface area contributed by atoms with Gasteiger partial charge in [-0.15, -0.1) is 0 Å². The van der Waals surface area contributed by atoms with Gasteiger partial charge in [0.1, 0.15) is 5.75 Å². The Morgan fingerprint density at radius 2 is 1.82 bits per heavy atom. The maximum Gasteiger partial charge on any atom is 0.253 e. The van der Waals surface area contributed by atoms with Crippen molar-refractivity contribution in [2.24, 2.45) is 5.92 Å². The van der Waals surface area contributed by atoms with Gasteiger partial charge in [-0.1, -0.05) is 0 Å². The molecule has 1 saturated carbocycles. The number of nitrogens with zero attached hydrogens (tertiary/aromatic N) is 3. The molecule has 4 rings (SSSR count). The average Bonchev–Trinajstić information content (AvgIpc) is 3.49. The van der Waals surface area contributed by atoms with Crippen LogP contribution < -0.4 is 4.74 Å². The van der Waals surface area contributed by atoms with Gasteiger partial charge in [0.25, 0.3) is 5.91 Å². The van der Waals surface area contributed by atoms with E-state index in [2.05, 4.69) is 9.80 Å². The van der Waals surface area contributed by atoms with E-state index in [9.17, 15) is 9.59 Å². The molecule has 1 aromatic rings. The lowest BCUT2D eigenvalue weighted by Crippen LogP contribution is -2.44. The summed E-state index contributed by atoms with van der Waals surface area (Å²) in [5.74, 6) is 1.90. The third-order valence-corrected chi connectivity index (χ3v) is 6.12. The van der Waals surface area contributed by atoms with Crippen LogP contribution in [0, 0.1) is 5.92 Å². The van der Waals surface area contributed by atoms with Crippen LogP contribution in [0.1, 0.15) is 43.0 Å². The third kappa shape index (κ3) is 4.32. The zero-order valence-corrected chi connectivity index (χ0v) is 16.8. The second-order valence-electron chi connectivity index (χ2n) is 8.17. The maximum atomic E-state index is 12.9. The summed E-state index contributed by atoms with van der Waals surface area (Å²) in [5, 5.41) is 0. The van der Waals surface area contributed by atoms with Gasteiger partial charge in [0.2, 0.25) is 5.91 Å². The van der Waals surface area contributed by atoms with Crippen LogP contribution in [0.5, 0.6) is 5.75 Å². The van der Waals surface area contributed by atoms with E-state index in [1.165, 1.54) is 12.8 Å². The van der Waals surface area contributed by atoms with Crippen molar-refractivity contribution in [3.8, 4) is 5.75 Å². The Morgan fingerprint density at radius 3 is 2.54 bits per heavy atom. The fraction of sp³-hybridized carbons (Fsp3) is 0.636. The van der Waals surface area contributed by atoms with Crippen LogP contribution in [0.25, 0.3) is 0 Å². The molecule has 3 fully saturated rings. The quantitative estimate of drug-likeness (QED) is 0.754. The summed E-state index contributed by atoms with van der Waals surface area (Å²) in [6.07, 6.45) is 4.40. The summed E-state index contributed by atoms with van der Waals surface area (Å²) in [7, 11) is 0. The van der Waals surface area contributed by atoms with Gasteiger partial charge in [0, 0.05) is 44.8 Å². The minimum atomic E-state index is 0.0132. The van der Waals surface area contributed by atoms with Crippen molar-refractivity contribution in [2.75, 3.05) is 45.9 Å². The first-order chi connectivity index (χ1) is 13.7. The van der Waals surface area contributed by atoms with Crippen molar-refractivity contribution in [3.63, 3.8) is 0 Å². The van der Waals surface area contributed by atoms with Crippen LogP contribution in [-0.2, 0) is 4.79 Å². The highest BCUT2D eigenvalue weighted by atomic mass is 16.5. The Balaban J connectivity index is 1.33. The van der Waals surface area contributed by atoms with Crippen molar-refractivity contribution in [2.45, 2.75) is 38.6 Å². The molecule has 152 valence electrons. The Bertz CT molecular complexity index is 701. The minimum Gasteiger partial charge on any atom is -0.494 e. The summed E-state index contributed by atoms with van der Waals surface area (Å²) < 4.78 is 5.46. The lowest BCUT2D eigenvalue weighted by molar-refractivity contribution is -0.132. The predicted molar refractivity (Wildman–Crippen MR) is 107 cm³/mol. The highest BCUT2D eigenvalue weighted by molar-refractivity contribution is 5.94. The average molecular weight is 386 g/mol. The molecule has 0 unspecified atom stereocenters. The molecule has 2 amide bonds. The fourth-order valence-electron chi connectivity index (χ4n) is 4.35. The minimum absolute atomic E-state index is 0.0132. The van der Waals surface area contributed by atoms with E-state index in [4.69, 9.17) is 4.74 Å². The topological polar surface area (TPSA) is 53.1 Å². The highest BCUT2D eigenvalue weighted by Gasteiger charge is 2.38. The molecule has 3 aliphatic rings.